The number of aromatic nitrogens is 1. The number of benzene rings is 1. The van der Waals surface area contributed by atoms with E-state index < -0.39 is 0 Å². The van der Waals surface area contributed by atoms with Crippen molar-refractivity contribution in [1.82, 2.24) is 14.8 Å². The molecule has 3 rings (SSSR count). The number of carbonyl (C=O) groups excluding carboxylic acids is 2. The van der Waals surface area contributed by atoms with Gasteiger partial charge in [0.2, 0.25) is 11.8 Å². The molecule has 1 aliphatic rings. The van der Waals surface area contributed by atoms with Crippen LogP contribution in [-0.4, -0.2) is 73.4 Å². The fourth-order valence-corrected chi connectivity index (χ4v) is 4.11. The molecule has 0 radical (unpaired) electrons. The van der Waals surface area contributed by atoms with Gasteiger partial charge in [-0.3, -0.25) is 9.59 Å². The third-order valence-corrected chi connectivity index (χ3v) is 6.01. The maximum absolute atomic E-state index is 12.5. The average Bonchev–Trinajstić information content (AvgIpc) is 3.10. The van der Waals surface area contributed by atoms with E-state index in [9.17, 15) is 9.59 Å². The second-order valence-electron chi connectivity index (χ2n) is 6.89. The lowest BCUT2D eigenvalue weighted by Gasteiger charge is -2.31. The number of nitrogens with zero attached hydrogens (tertiary/aromatic N) is 3. The maximum Gasteiger partial charge on any atom is 0.242 e. The van der Waals surface area contributed by atoms with E-state index >= 15 is 0 Å². The molecule has 0 bridgehead atoms. The van der Waals surface area contributed by atoms with Crippen LogP contribution < -0.4 is 4.90 Å². The summed E-state index contributed by atoms with van der Waals surface area (Å²) in [4.78, 5) is 34.2. The van der Waals surface area contributed by atoms with Crippen LogP contribution in [0.4, 0.5) is 0 Å². The minimum Gasteiger partial charge on any atom is -0.336 e. The third kappa shape index (κ3) is 5.06. The minimum atomic E-state index is -0.112. The second-order valence-corrected chi connectivity index (χ2v) is 8.15. The lowest BCUT2D eigenvalue weighted by Crippen LogP contribution is -3.12. The molecule has 144 valence electrons. The predicted molar refractivity (Wildman–Crippen MR) is 107 cm³/mol. The summed E-state index contributed by atoms with van der Waals surface area (Å²) in [6, 6.07) is 7.52. The Morgan fingerprint density at radius 3 is 2.70 bits per heavy atom. The normalized spacial score (nSPS) is 15.0. The smallest absolute Gasteiger partial charge is 0.242 e. The summed E-state index contributed by atoms with van der Waals surface area (Å²) in [5.74, 6) is -0.104. The van der Waals surface area contributed by atoms with Gasteiger partial charge >= 0.3 is 0 Å². The molecule has 1 aromatic carbocycles. The van der Waals surface area contributed by atoms with E-state index in [4.69, 9.17) is 11.6 Å². The van der Waals surface area contributed by atoms with Crippen LogP contribution in [0.5, 0.6) is 0 Å². The van der Waals surface area contributed by atoms with Gasteiger partial charge in [0.25, 0.3) is 0 Å². The van der Waals surface area contributed by atoms with Crippen LogP contribution in [0.15, 0.2) is 29.6 Å². The number of rotatable bonds is 5. The highest BCUT2D eigenvalue weighted by atomic mass is 35.5. The summed E-state index contributed by atoms with van der Waals surface area (Å²) in [6.07, 6.45) is 0.178. The molecule has 2 aromatic rings. The van der Waals surface area contributed by atoms with Crippen LogP contribution in [0.3, 0.4) is 0 Å². The van der Waals surface area contributed by atoms with Crippen molar-refractivity contribution >= 4 is 34.8 Å². The molecule has 1 N–H and O–H groups in total. The minimum absolute atomic E-state index is 0.00776. The van der Waals surface area contributed by atoms with Crippen LogP contribution in [0.2, 0.25) is 5.02 Å². The van der Waals surface area contributed by atoms with Crippen molar-refractivity contribution in [2.45, 2.75) is 6.42 Å². The number of quaternary nitrogens is 1. The summed E-state index contributed by atoms with van der Waals surface area (Å²) < 4.78 is 0. The van der Waals surface area contributed by atoms with Crippen LogP contribution in [0, 0.1) is 0 Å². The van der Waals surface area contributed by atoms with Gasteiger partial charge in [0, 0.05) is 18.0 Å². The topological polar surface area (TPSA) is 58.0 Å². The first-order chi connectivity index (χ1) is 12.9. The van der Waals surface area contributed by atoms with Crippen molar-refractivity contribution in [2.24, 2.45) is 0 Å². The molecule has 8 heteroatoms. The summed E-state index contributed by atoms with van der Waals surface area (Å²) >= 11 is 7.68. The standard InChI is InChI=1S/C19H23ClN4O2S/c1-22-7-9-24(10-8-22)18(26)12-23(2)17(25)11-14-13-27-19(21-14)15-5-3-4-6-16(15)20/h3-6,13H,7-12H2,1-2H3/p+1. The number of piperazine rings is 1. The van der Waals surface area contributed by atoms with Crippen molar-refractivity contribution in [3.63, 3.8) is 0 Å². The summed E-state index contributed by atoms with van der Waals surface area (Å²) in [5, 5.41) is 3.30. The molecule has 1 aliphatic heterocycles. The molecule has 0 spiro atoms. The highest BCUT2D eigenvalue weighted by Crippen LogP contribution is 2.30. The lowest BCUT2D eigenvalue weighted by molar-refractivity contribution is -0.883. The molecule has 0 unspecified atom stereocenters. The number of thiazole rings is 1. The van der Waals surface area contributed by atoms with E-state index in [-0.39, 0.29) is 24.8 Å². The van der Waals surface area contributed by atoms with Crippen molar-refractivity contribution < 1.29 is 14.5 Å². The van der Waals surface area contributed by atoms with Crippen molar-refractivity contribution in [3.8, 4) is 10.6 Å². The molecule has 2 amide bonds. The highest BCUT2D eigenvalue weighted by Gasteiger charge is 2.23. The summed E-state index contributed by atoms with van der Waals surface area (Å²) in [6.45, 7) is 3.51. The number of carbonyl (C=O) groups is 2. The molecular weight excluding hydrogens is 384 g/mol. The first-order valence-corrected chi connectivity index (χ1v) is 10.2. The number of amides is 2. The molecule has 0 aliphatic carbocycles. The Balaban J connectivity index is 1.56. The van der Waals surface area contributed by atoms with E-state index in [2.05, 4.69) is 12.0 Å². The van der Waals surface area contributed by atoms with Crippen molar-refractivity contribution in [2.75, 3.05) is 46.8 Å². The molecular formula is C19H24ClN4O2S+. The quantitative estimate of drug-likeness (QED) is 0.798. The molecule has 27 heavy (non-hydrogen) atoms. The van der Waals surface area contributed by atoms with Crippen molar-refractivity contribution in [3.05, 3.63) is 40.4 Å². The van der Waals surface area contributed by atoms with Gasteiger partial charge < -0.3 is 14.7 Å². The Kier molecular flexibility index (Phi) is 6.46. The predicted octanol–water partition coefficient (Wildman–Crippen LogP) is 0.821. The Bertz CT molecular complexity index is 818. The first-order valence-electron chi connectivity index (χ1n) is 8.96. The van der Waals surface area contributed by atoms with Gasteiger partial charge in [0.05, 0.1) is 56.9 Å². The van der Waals surface area contributed by atoms with Crippen LogP contribution in [-0.2, 0) is 16.0 Å². The maximum atomic E-state index is 12.5. The van der Waals surface area contributed by atoms with Crippen LogP contribution in [0.1, 0.15) is 5.69 Å². The second kappa shape index (κ2) is 8.82. The van der Waals surface area contributed by atoms with Crippen molar-refractivity contribution in [1.29, 1.82) is 0 Å². The first kappa shape index (κ1) is 19.8. The van der Waals surface area contributed by atoms with E-state index in [1.165, 1.54) is 21.1 Å². The van der Waals surface area contributed by atoms with E-state index in [0.29, 0.717) is 10.7 Å². The number of likely N-dealkylation sites (N-methyl/N-ethyl adjacent to an activating group) is 2. The van der Waals surface area contributed by atoms with Gasteiger partial charge in [-0.05, 0) is 6.07 Å². The number of halogens is 1. The zero-order valence-corrected chi connectivity index (χ0v) is 17.1. The molecule has 0 saturated carbocycles. The van der Waals surface area contributed by atoms with Crippen LogP contribution >= 0.6 is 22.9 Å². The fourth-order valence-electron chi connectivity index (χ4n) is 2.97. The Morgan fingerprint density at radius 2 is 2.00 bits per heavy atom. The van der Waals surface area contributed by atoms with E-state index in [1.807, 2.05) is 34.5 Å². The lowest BCUT2D eigenvalue weighted by atomic mass is 10.2. The summed E-state index contributed by atoms with van der Waals surface area (Å²) in [5.41, 5.74) is 1.56. The SMILES string of the molecule is CN(CC(=O)N1CC[NH+](C)CC1)C(=O)Cc1csc(-c2ccccc2Cl)n1. The molecule has 0 atom stereocenters. The Labute approximate surface area is 168 Å². The van der Waals surface area contributed by atoms with Gasteiger partial charge in [-0.2, -0.15) is 0 Å². The van der Waals surface area contributed by atoms with Gasteiger partial charge in [0.1, 0.15) is 5.01 Å². The molecule has 1 saturated heterocycles. The van der Waals surface area contributed by atoms with Gasteiger partial charge in [-0.15, -0.1) is 11.3 Å². The average molecular weight is 408 g/mol. The molecule has 1 fully saturated rings. The number of nitrogens with one attached hydrogen (secondary N) is 1. The molecule has 1 aromatic heterocycles. The van der Waals surface area contributed by atoms with Gasteiger partial charge in [-0.1, -0.05) is 29.8 Å². The van der Waals surface area contributed by atoms with Crippen LogP contribution in [0.25, 0.3) is 10.6 Å². The zero-order chi connectivity index (χ0) is 19.4. The van der Waals surface area contributed by atoms with Gasteiger partial charge in [-0.25, -0.2) is 4.98 Å². The highest BCUT2D eigenvalue weighted by molar-refractivity contribution is 7.13. The number of hydrogen-bond acceptors (Lipinski definition) is 4. The summed E-state index contributed by atoms with van der Waals surface area (Å²) in [7, 11) is 3.80. The largest absolute Gasteiger partial charge is 0.336 e. The number of hydrogen-bond donors (Lipinski definition) is 1. The van der Waals surface area contributed by atoms with Gasteiger partial charge in [0.15, 0.2) is 0 Å². The Hall–Kier alpha value is -1.96. The zero-order valence-electron chi connectivity index (χ0n) is 15.6. The fraction of sp³-hybridized carbons (Fsp3) is 0.421. The third-order valence-electron chi connectivity index (χ3n) is 4.76. The molecule has 6 nitrogen and oxygen atoms in total. The van der Waals surface area contributed by atoms with E-state index in [1.54, 1.807) is 7.05 Å². The van der Waals surface area contributed by atoms with E-state index in [0.717, 1.165) is 36.8 Å². The monoisotopic (exact) mass is 407 g/mol. The Morgan fingerprint density at radius 1 is 1.30 bits per heavy atom. The molecule has 2 heterocycles.